The molecule has 0 bridgehead atoms. The molecular weight excluding hydrogens is 468 g/mol. The van der Waals surface area contributed by atoms with Gasteiger partial charge in [0.2, 0.25) is 0 Å². The summed E-state index contributed by atoms with van der Waals surface area (Å²) in [6.45, 7) is 6.82. The Morgan fingerprint density at radius 1 is 1.14 bits per heavy atom. The maximum Gasteiger partial charge on any atom is 0.256 e. The Hall–Kier alpha value is -2.61. The molecule has 1 spiro atoms. The lowest BCUT2D eigenvalue weighted by molar-refractivity contribution is -0.131. The number of carbonyl (C=O) groups excluding carboxylic acids is 1. The monoisotopic (exact) mass is 504 g/mol. The standard InChI is InChI=1S/C29H36N4O2S/c1-4-5-12-26-30-29(17-8-9-18-29)28(34)33(26)19-22-13-15-23(16-14-22)24-10-6-7-11-25(24)36-32-27-20(2)21(3)35-31-27/h6-7,10-11,13-16,27,31-32H,4-5,8-9,12,17-19H2,1-3H3/t27-/m1/s1. The molecule has 0 aromatic heterocycles. The van der Waals surface area contributed by atoms with Crippen molar-refractivity contribution in [2.45, 2.75) is 88.9 Å². The Labute approximate surface area is 218 Å². The Kier molecular flexibility index (Phi) is 7.51. The van der Waals surface area contributed by atoms with Gasteiger partial charge >= 0.3 is 0 Å². The van der Waals surface area contributed by atoms with Crippen LogP contribution in [0, 0.1) is 0 Å². The van der Waals surface area contributed by atoms with Gasteiger partial charge in [0.15, 0.2) is 0 Å². The van der Waals surface area contributed by atoms with Crippen molar-refractivity contribution in [1.29, 1.82) is 0 Å². The molecule has 7 heteroatoms. The minimum Gasteiger partial charge on any atom is -0.412 e. The predicted molar refractivity (Wildman–Crippen MR) is 146 cm³/mol. The highest BCUT2D eigenvalue weighted by Gasteiger charge is 2.49. The van der Waals surface area contributed by atoms with E-state index in [1.165, 1.54) is 5.56 Å². The average Bonchev–Trinajstić information content (AvgIpc) is 3.58. The van der Waals surface area contributed by atoms with E-state index in [1.807, 2.05) is 11.8 Å². The molecule has 3 aliphatic rings. The van der Waals surface area contributed by atoms with Crippen LogP contribution in [-0.2, 0) is 16.2 Å². The highest BCUT2D eigenvalue weighted by molar-refractivity contribution is 7.97. The number of nitrogens with zero attached hydrogens (tertiary/aromatic N) is 2. The minimum atomic E-state index is -0.475. The third kappa shape index (κ3) is 4.97. The number of carbonyl (C=O) groups is 1. The summed E-state index contributed by atoms with van der Waals surface area (Å²) in [5.41, 5.74) is 7.16. The lowest BCUT2D eigenvalue weighted by atomic mass is 9.98. The van der Waals surface area contributed by atoms with Crippen LogP contribution in [0.4, 0.5) is 0 Å². The van der Waals surface area contributed by atoms with Crippen molar-refractivity contribution in [3.8, 4) is 11.1 Å². The number of hydrogen-bond donors (Lipinski definition) is 2. The molecule has 190 valence electrons. The fraction of sp³-hybridized carbons (Fsp3) is 0.448. The van der Waals surface area contributed by atoms with E-state index in [9.17, 15) is 4.79 Å². The first-order chi connectivity index (χ1) is 17.5. The van der Waals surface area contributed by atoms with Crippen molar-refractivity contribution in [1.82, 2.24) is 15.1 Å². The summed E-state index contributed by atoms with van der Waals surface area (Å²) in [4.78, 5) is 27.0. The Bertz CT molecular complexity index is 1170. The average molecular weight is 505 g/mol. The number of allylic oxidation sites excluding steroid dienone is 1. The molecule has 1 atom stereocenters. The molecule has 0 saturated heterocycles. The first-order valence-electron chi connectivity index (χ1n) is 13.1. The molecule has 36 heavy (non-hydrogen) atoms. The Balaban J connectivity index is 1.30. The summed E-state index contributed by atoms with van der Waals surface area (Å²) in [5.74, 6) is 2.12. The third-order valence-corrected chi connectivity index (χ3v) is 8.51. The fourth-order valence-electron chi connectivity index (χ4n) is 5.22. The maximum atomic E-state index is 13.4. The number of aliphatic imine (C=N–C) groups is 1. The van der Waals surface area contributed by atoms with Gasteiger partial charge in [0.25, 0.3) is 5.91 Å². The number of nitrogens with one attached hydrogen (secondary N) is 2. The molecule has 5 rings (SSSR count). The predicted octanol–water partition coefficient (Wildman–Crippen LogP) is 6.35. The first-order valence-corrected chi connectivity index (χ1v) is 13.9. The molecule has 2 aromatic carbocycles. The van der Waals surface area contributed by atoms with Gasteiger partial charge in [-0.15, -0.1) is 5.48 Å². The summed E-state index contributed by atoms with van der Waals surface area (Å²) in [5, 5.41) is 0. The highest BCUT2D eigenvalue weighted by Crippen LogP contribution is 2.40. The second-order valence-corrected chi connectivity index (χ2v) is 10.9. The zero-order valence-electron chi connectivity index (χ0n) is 21.5. The lowest BCUT2D eigenvalue weighted by Crippen LogP contribution is -2.40. The molecule has 1 fully saturated rings. The van der Waals surface area contributed by atoms with Gasteiger partial charge in [0.1, 0.15) is 23.3 Å². The van der Waals surface area contributed by atoms with E-state index in [0.29, 0.717) is 6.54 Å². The van der Waals surface area contributed by atoms with Gasteiger partial charge in [-0.25, -0.2) is 4.72 Å². The molecular formula is C29H36N4O2S. The summed E-state index contributed by atoms with van der Waals surface area (Å²) >= 11 is 1.60. The number of amides is 1. The van der Waals surface area contributed by atoms with Crippen LogP contribution in [0.2, 0.25) is 0 Å². The van der Waals surface area contributed by atoms with Gasteiger partial charge in [0.05, 0.1) is 6.54 Å². The largest absolute Gasteiger partial charge is 0.412 e. The van der Waals surface area contributed by atoms with Crippen LogP contribution in [0.3, 0.4) is 0 Å². The molecule has 1 aliphatic carbocycles. The van der Waals surface area contributed by atoms with Crippen molar-refractivity contribution < 1.29 is 9.63 Å². The van der Waals surface area contributed by atoms with Gasteiger partial charge in [-0.2, -0.15) is 0 Å². The van der Waals surface area contributed by atoms with Crippen LogP contribution in [0.25, 0.3) is 11.1 Å². The smallest absolute Gasteiger partial charge is 0.256 e. The summed E-state index contributed by atoms with van der Waals surface area (Å²) in [6.07, 6.45) is 7.04. The van der Waals surface area contributed by atoms with Gasteiger partial charge in [0, 0.05) is 16.9 Å². The molecule has 1 saturated carbocycles. The topological polar surface area (TPSA) is 66.0 Å². The van der Waals surface area contributed by atoms with Crippen molar-refractivity contribution in [3.63, 3.8) is 0 Å². The molecule has 1 amide bonds. The van der Waals surface area contributed by atoms with Crippen LogP contribution in [0.1, 0.15) is 71.3 Å². The quantitative estimate of drug-likeness (QED) is 0.390. The van der Waals surface area contributed by atoms with Gasteiger partial charge in [-0.1, -0.05) is 68.7 Å². The second-order valence-electron chi connectivity index (χ2n) is 10.1. The van der Waals surface area contributed by atoms with E-state index in [0.717, 1.165) is 78.1 Å². The van der Waals surface area contributed by atoms with Crippen molar-refractivity contribution in [3.05, 3.63) is 65.4 Å². The molecule has 2 aromatic rings. The van der Waals surface area contributed by atoms with Crippen LogP contribution in [-0.4, -0.2) is 28.3 Å². The molecule has 0 radical (unpaired) electrons. The Morgan fingerprint density at radius 2 is 1.89 bits per heavy atom. The molecule has 2 heterocycles. The van der Waals surface area contributed by atoms with Crippen LogP contribution < -0.4 is 10.2 Å². The van der Waals surface area contributed by atoms with Crippen LogP contribution >= 0.6 is 11.9 Å². The number of amidine groups is 1. The number of benzene rings is 2. The van der Waals surface area contributed by atoms with E-state index < -0.39 is 5.54 Å². The van der Waals surface area contributed by atoms with Gasteiger partial charge in [-0.3, -0.25) is 14.7 Å². The normalized spacial score (nSPS) is 21.0. The zero-order chi connectivity index (χ0) is 25.1. The van der Waals surface area contributed by atoms with Crippen LogP contribution in [0.15, 0.2) is 69.8 Å². The summed E-state index contributed by atoms with van der Waals surface area (Å²) < 4.78 is 3.46. The molecule has 2 aliphatic heterocycles. The zero-order valence-corrected chi connectivity index (χ0v) is 22.3. The number of unbranched alkanes of at least 4 members (excludes halogenated alkanes) is 1. The van der Waals surface area contributed by atoms with Gasteiger partial charge in [-0.05, 0) is 67.8 Å². The number of hydrogen-bond acceptors (Lipinski definition) is 6. The van der Waals surface area contributed by atoms with E-state index in [2.05, 4.69) is 72.6 Å². The van der Waals surface area contributed by atoms with Crippen LogP contribution in [0.5, 0.6) is 0 Å². The fourth-order valence-corrected chi connectivity index (χ4v) is 6.13. The van der Waals surface area contributed by atoms with Crippen molar-refractivity contribution in [2.24, 2.45) is 4.99 Å². The summed E-state index contributed by atoms with van der Waals surface area (Å²) in [7, 11) is 0. The van der Waals surface area contributed by atoms with E-state index >= 15 is 0 Å². The minimum absolute atomic E-state index is 0.0184. The van der Waals surface area contributed by atoms with E-state index in [1.54, 1.807) is 11.9 Å². The Morgan fingerprint density at radius 3 is 2.58 bits per heavy atom. The number of rotatable bonds is 9. The lowest BCUT2D eigenvalue weighted by Gasteiger charge is -2.23. The SMILES string of the molecule is CCCCC1=NC2(CCCC2)C(=O)N1Cc1ccc(-c2ccccc2SN[C@H]2NOC(C)=C2C)cc1. The van der Waals surface area contributed by atoms with Crippen molar-refractivity contribution >= 4 is 23.7 Å². The van der Waals surface area contributed by atoms with E-state index in [4.69, 9.17) is 9.83 Å². The summed E-state index contributed by atoms with van der Waals surface area (Å²) in [6, 6.07) is 17.0. The van der Waals surface area contributed by atoms with Crippen molar-refractivity contribution in [2.75, 3.05) is 0 Å². The molecule has 2 N–H and O–H groups in total. The maximum absolute atomic E-state index is 13.4. The molecule has 0 unspecified atom stereocenters. The number of hydroxylamine groups is 1. The highest BCUT2D eigenvalue weighted by atomic mass is 32.2. The molecule has 6 nitrogen and oxygen atoms in total. The van der Waals surface area contributed by atoms with Gasteiger partial charge < -0.3 is 4.84 Å². The third-order valence-electron chi connectivity index (χ3n) is 7.58. The second kappa shape index (κ2) is 10.8. The first kappa shape index (κ1) is 25.1. The van der Waals surface area contributed by atoms with E-state index in [-0.39, 0.29) is 12.1 Å².